The average molecular weight is 348 g/mol. The Kier molecular flexibility index (Phi) is 3.95. The number of aromatic nitrogens is 2. The average Bonchev–Trinajstić information content (AvgIpc) is 3.20. The summed E-state index contributed by atoms with van der Waals surface area (Å²) >= 11 is 1.54. The van der Waals surface area contributed by atoms with Gasteiger partial charge in [-0.1, -0.05) is 49.0 Å². The predicted molar refractivity (Wildman–Crippen MR) is 101 cm³/mol. The SMILES string of the molecule is C=C(NNC(=O)Cc1cn2ccsc2n1)c1cccc2ccccc12. The summed E-state index contributed by atoms with van der Waals surface area (Å²) in [6.07, 6.45) is 4.00. The van der Waals surface area contributed by atoms with E-state index in [1.165, 1.54) is 0 Å². The molecular formula is C19H16N4OS. The van der Waals surface area contributed by atoms with Crippen molar-refractivity contribution >= 4 is 38.7 Å². The van der Waals surface area contributed by atoms with E-state index in [9.17, 15) is 4.79 Å². The van der Waals surface area contributed by atoms with Crippen molar-refractivity contribution < 1.29 is 4.79 Å². The Bertz CT molecular complexity index is 1050. The molecule has 0 saturated carbocycles. The maximum absolute atomic E-state index is 12.1. The van der Waals surface area contributed by atoms with Crippen LogP contribution in [-0.2, 0) is 11.2 Å². The molecule has 25 heavy (non-hydrogen) atoms. The van der Waals surface area contributed by atoms with Crippen LogP contribution < -0.4 is 10.9 Å². The van der Waals surface area contributed by atoms with Crippen LogP contribution in [0.15, 0.2) is 66.8 Å². The summed E-state index contributed by atoms with van der Waals surface area (Å²) in [5, 5.41) is 4.18. The van der Waals surface area contributed by atoms with Crippen molar-refractivity contribution in [3.8, 4) is 0 Å². The summed E-state index contributed by atoms with van der Waals surface area (Å²) < 4.78 is 1.91. The Hall–Kier alpha value is -3.12. The number of carbonyl (C=O) groups is 1. The third kappa shape index (κ3) is 3.12. The van der Waals surface area contributed by atoms with Gasteiger partial charge < -0.3 is 0 Å². The van der Waals surface area contributed by atoms with Crippen LogP contribution in [0, 0.1) is 0 Å². The quantitative estimate of drug-likeness (QED) is 0.544. The molecule has 0 atom stereocenters. The Labute approximate surface area is 148 Å². The molecule has 0 spiro atoms. The number of nitrogens with zero attached hydrogens (tertiary/aromatic N) is 2. The topological polar surface area (TPSA) is 58.4 Å². The lowest BCUT2D eigenvalue weighted by atomic mass is 10.0. The number of amides is 1. The molecule has 2 N–H and O–H groups in total. The molecule has 4 aromatic rings. The molecule has 6 heteroatoms. The van der Waals surface area contributed by atoms with E-state index in [1.54, 1.807) is 11.3 Å². The van der Waals surface area contributed by atoms with Crippen LogP contribution >= 0.6 is 11.3 Å². The fraction of sp³-hybridized carbons (Fsp3) is 0.0526. The summed E-state index contributed by atoms with van der Waals surface area (Å²) in [5.74, 6) is -0.160. The van der Waals surface area contributed by atoms with Crippen LogP contribution in [0.4, 0.5) is 0 Å². The van der Waals surface area contributed by atoms with Gasteiger partial charge in [0, 0.05) is 23.3 Å². The van der Waals surface area contributed by atoms with Crippen LogP contribution in [0.25, 0.3) is 21.4 Å². The van der Waals surface area contributed by atoms with Crippen molar-refractivity contribution in [2.45, 2.75) is 6.42 Å². The summed E-state index contributed by atoms with van der Waals surface area (Å²) in [5.41, 5.74) is 7.96. The van der Waals surface area contributed by atoms with Gasteiger partial charge in [0.25, 0.3) is 0 Å². The van der Waals surface area contributed by atoms with Crippen molar-refractivity contribution in [1.82, 2.24) is 20.2 Å². The largest absolute Gasteiger partial charge is 0.299 e. The van der Waals surface area contributed by atoms with Crippen molar-refractivity contribution in [2.75, 3.05) is 0 Å². The minimum atomic E-state index is -0.160. The Morgan fingerprint density at radius 2 is 2.00 bits per heavy atom. The monoisotopic (exact) mass is 348 g/mol. The Balaban J connectivity index is 1.42. The molecule has 2 aromatic carbocycles. The zero-order chi connectivity index (χ0) is 17.2. The number of thiazole rings is 1. The zero-order valence-electron chi connectivity index (χ0n) is 13.4. The number of benzene rings is 2. The number of hydrogen-bond donors (Lipinski definition) is 2. The lowest BCUT2D eigenvalue weighted by Crippen LogP contribution is -2.37. The molecule has 0 unspecified atom stereocenters. The first-order valence-electron chi connectivity index (χ1n) is 7.84. The standard InChI is InChI=1S/C19H16N4OS/c1-13(16-8-4-6-14-5-2-3-7-17(14)16)21-22-18(24)11-15-12-23-9-10-25-19(23)20-15/h2-10,12,21H,1,11H2,(H,22,24). The van der Waals surface area contributed by atoms with E-state index in [1.807, 2.05) is 52.5 Å². The van der Waals surface area contributed by atoms with Gasteiger partial charge >= 0.3 is 0 Å². The number of hydrogen-bond acceptors (Lipinski definition) is 4. The highest BCUT2D eigenvalue weighted by atomic mass is 32.1. The minimum absolute atomic E-state index is 0.160. The summed E-state index contributed by atoms with van der Waals surface area (Å²) in [4.78, 5) is 17.4. The lowest BCUT2D eigenvalue weighted by Gasteiger charge is -2.13. The van der Waals surface area contributed by atoms with Crippen molar-refractivity contribution in [2.24, 2.45) is 0 Å². The second-order valence-corrected chi connectivity index (χ2v) is 6.55. The number of carbonyl (C=O) groups excluding carboxylic acids is 1. The molecular weight excluding hydrogens is 332 g/mol. The van der Waals surface area contributed by atoms with Gasteiger partial charge in [-0.05, 0) is 10.8 Å². The first kappa shape index (κ1) is 15.4. The molecule has 0 saturated heterocycles. The second kappa shape index (κ2) is 6.41. The fourth-order valence-corrected chi connectivity index (χ4v) is 3.49. The van der Waals surface area contributed by atoms with Gasteiger partial charge in [0.2, 0.25) is 5.91 Å². The van der Waals surface area contributed by atoms with Gasteiger partial charge in [-0.25, -0.2) is 4.98 Å². The number of nitrogens with one attached hydrogen (secondary N) is 2. The van der Waals surface area contributed by atoms with Gasteiger partial charge in [-0.2, -0.15) is 0 Å². The van der Waals surface area contributed by atoms with E-state index in [0.29, 0.717) is 5.70 Å². The van der Waals surface area contributed by atoms with E-state index in [0.717, 1.165) is 27.0 Å². The molecule has 0 bridgehead atoms. The van der Waals surface area contributed by atoms with Gasteiger partial charge in [0.15, 0.2) is 4.96 Å². The fourth-order valence-electron chi connectivity index (χ4n) is 2.77. The van der Waals surface area contributed by atoms with Gasteiger partial charge in [-0.15, -0.1) is 11.3 Å². The molecule has 124 valence electrons. The first-order valence-corrected chi connectivity index (χ1v) is 8.71. The molecule has 0 fully saturated rings. The van der Waals surface area contributed by atoms with Crippen LogP contribution in [0.5, 0.6) is 0 Å². The molecule has 4 rings (SSSR count). The van der Waals surface area contributed by atoms with E-state index < -0.39 is 0 Å². The maximum atomic E-state index is 12.1. The molecule has 2 heterocycles. The van der Waals surface area contributed by atoms with Gasteiger partial charge in [0.05, 0.1) is 17.8 Å². The van der Waals surface area contributed by atoms with Crippen LogP contribution in [0.2, 0.25) is 0 Å². The van der Waals surface area contributed by atoms with E-state index >= 15 is 0 Å². The molecule has 1 amide bonds. The molecule has 0 radical (unpaired) electrons. The summed E-state index contributed by atoms with van der Waals surface area (Å²) in [6.45, 7) is 4.04. The summed E-state index contributed by atoms with van der Waals surface area (Å²) in [6, 6.07) is 14.1. The van der Waals surface area contributed by atoms with Crippen LogP contribution in [0.3, 0.4) is 0 Å². The van der Waals surface area contributed by atoms with Crippen LogP contribution in [0.1, 0.15) is 11.3 Å². The predicted octanol–water partition coefficient (Wildman–Crippen LogP) is 3.38. The third-order valence-electron chi connectivity index (χ3n) is 3.95. The first-order chi connectivity index (χ1) is 12.2. The smallest absolute Gasteiger partial charge is 0.244 e. The van der Waals surface area contributed by atoms with Crippen molar-refractivity contribution in [1.29, 1.82) is 0 Å². The van der Waals surface area contributed by atoms with E-state index in [2.05, 4.69) is 34.5 Å². The number of hydrazine groups is 1. The van der Waals surface area contributed by atoms with Crippen molar-refractivity contribution in [3.63, 3.8) is 0 Å². The normalized spacial score (nSPS) is 10.9. The molecule has 0 aliphatic rings. The molecule has 2 aromatic heterocycles. The van der Waals surface area contributed by atoms with Gasteiger partial charge in [0.1, 0.15) is 0 Å². The van der Waals surface area contributed by atoms with E-state index in [-0.39, 0.29) is 12.3 Å². The second-order valence-electron chi connectivity index (χ2n) is 5.68. The highest BCUT2D eigenvalue weighted by Crippen LogP contribution is 2.22. The van der Waals surface area contributed by atoms with Crippen LogP contribution in [-0.4, -0.2) is 15.3 Å². The zero-order valence-corrected chi connectivity index (χ0v) is 14.2. The number of rotatable bonds is 5. The highest BCUT2D eigenvalue weighted by molar-refractivity contribution is 7.15. The summed E-state index contributed by atoms with van der Waals surface area (Å²) in [7, 11) is 0. The van der Waals surface area contributed by atoms with E-state index in [4.69, 9.17) is 0 Å². The molecule has 5 nitrogen and oxygen atoms in total. The lowest BCUT2D eigenvalue weighted by molar-refractivity contribution is -0.121. The Morgan fingerprint density at radius 1 is 1.16 bits per heavy atom. The number of imidazole rings is 1. The van der Waals surface area contributed by atoms with Gasteiger partial charge in [-0.3, -0.25) is 20.0 Å². The molecule has 0 aliphatic carbocycles. The minimum Gasteiger partial charge on any atom is -0.299 e. The number of fused-ring (bicyclic) bond motifs is 2. The third-order valence-corrected chi connectivity index (χ3v) is 4.72. The Morgan fingerprint density at radius 3 is 2.88 bits per heavy atom. The van der Waals surface area contributed by atoms with Crippen molar-refractivity contribution in [3.05, 3.63) is 78.1 Å². The maximum Gasteiger partial charge on any atom is 0.244 e. The highest BCUT2D eigenvalue weighted by Gasteiger charge is 2.09. The molecule has 0 aliphatic heterocycles.